The van der Waals surface area contributed by atoms with Gasteiger partial charge in [0.2, 0.25) is 5.89 Å². The maximum Gasteiger partial charge on any atom is 0.273 e. The van der Waals surface area contributed by atoms with E-state index in [2.05, 4.69) is 49.5 Å². The smallest absolute Gasteiger partial charge is 0.273 e. The minimum absolute atomic E-state index is 0.0227. The monoisotopic (exact) mass is 422 g/mol. The summed E-state index contributed by atoms with van der Waals surface area (Å²) in [6, 6.07) is 12.5. The van der Waals surface area contributed by atoms with Gasteiger partial charge in [-0.25, -0.2) is 4.98 Å². The van der Waals surface area contributed by atoms with Crippen molar-refractivity contribution in [3.8, 4) is 0 Å². The number of carbonyl (C=O) groups is 1. The standard InChI is InChI=1S/C23H30N6O2/c1-19(8-11-29-10-5-9-24-29)25-23(30)21-18-31-22(26-21)17-28-14-12-27(13-15-28)16-20-6-3-2-4-7-20/h2-7,9-10,18-19H,8,11-17H2,1H3,(H,25,30). The summed E-state index contributed by atoms with van der Waals surface area (Å²) < 4.78 is 7.43. The van der Waals surface area contributed by atoms with E-state index in [1.165, 1.54) is 11.8 Å². The van der Waals surface area contributed by atoms with Crippen molar-refractivity contribution in [2.75, 3.05) is 26.2 Å². The Kier molecular flexibility index (Phi) is 7.11. The molecule has 1 amide bonds. The van der Waals surface area contributed by atoms with Crippen molar-refractivity contribution in [1.29, 1.82) is 0 Å². The van der Waals surface area contributed by atoms with Crippen molar-refractivity contribution in [1.82, 2.24) is 29.9 Å². The molecule has 1 unspecified atom stereocenters. The minimum atomic E-state index is -0.198. The fourth-order valence-corrected chi connectivity index (χ4v) is 3.75. The molecule has 1 aliphatic rings. The molecule has 0 spiro atoms. The van der Waals surface area contributed by atoms with Gasteiger partial charge in [0.05, 0.1) is 6.54 Å². The lowest BCUT2D eigenvalue weighted by Gasteiger charge is -2.34. The predicted molar refractivity (Wildman–Crippen MR) is 117 cm³/mol. The Hall–Kier alpha value is -2.97. The van der Waals surface area contributed by atoms with Gasteiger partial charge in [0, 0.05) is 57.7 Å². The number of hydrogen-bond donors (Lipinski definition) is 1. The lowest BCUT2D eigenvalue weighted by Crippen LogP contribution is -2.45. The SMILES string of the molecule is CC(CCn1cccn1)NC(=O)c1coc(CN2CCN(Cc3ccccc3)CC2)n1. The van der Waals surface area contributed by atoms with Crippen molar-refractivity contribution < 1.29 is 9.21 Å². The first-order valence-corrected chi connectivity index (χ1v) is 10.9. The van der Waals surface area contributed by atoms with Gasteiger partial charge in [0.25, 0.3) is 5.91 Å². The molecule has 3 aromatic rings. The second-order valence-electron chi connectivity index (χ2n) is 8.10. The summed E-state index contributed by atoms with van der Waals surface area (Å²) in [6.07, 6.45) is 5.92. The third kappa shape index (κ3) is 6.26. The maximum atomic E-state index is 12.5. The van der Waals surface area contributed by atoms with E-state index in [1.807, 2.05) is 29.9 Å². The van der Waals surface area contributed by atoms with Gasteiger partial charge in [0.1, 0.15) is 6.26 Å². The van der Waals surface area contributed by atoms with Crippen LogP contribution in [0.2, 0.25) is 0 Å². The number of carbonyl (C=O) groups excluding carboxylic acids is 1. The number of oxazole rings is 1. The topological polar surface area (TPSA) is 79.4 Å². The molecule has 1 fully saturated rings. The number of rotatable bonds is 9. The first kappa shape index (κ1) is 21.3. The molecule has 1 N–H and O–H groups in total. The molecule has 0 saturated carbocycles. The zero-order valence-electron chi connectivity index (χ0n) is 18.0. The zero-order valence-corrected chi connectivity index (χ0v) is 18.0. The lowest BCUT2D eigenvalue weighted by molar-refractivity contribution is 0.0932. The Labute approximate surface area is 182 Å². The van der Waals surface area contributed by atoms with Gasteiger partial charge >= 0.3 is 0 Å². The number of nitrogens with one attached hydrogen (secondary N) is 1. The van der Waals surface area contributed by atoms with E-state index in [0.717, 1.165) is 45.7 Å². The van der Waals surface area contributed by atoms with Crippen molar-refractivity contribution in [3.63, 3.8) is 0 Å². The first-order chi connectivity index (χ1) is 15.2. The van der Waals surface area contributed by atoms with Crippen LogP contribution in [0.25, 0.3) is 0 Å². The fraction of sp³-hybridized carbons (Fsp3) is 0.435. The summed E-state index contributed by atoms with van der Waals surface area (Å²) in [7, 11) is 0. The van der Waals surface area contributed by atoms with Crippen LogP contribution in [0.5, 0.6) is 0 Å². The molecular weight excluding hydrogens is 392 g/mol. The summed E-state index contributed by atoms with van der Waals surface area (Å²) in [4.78, 5) is 21.6. The van der Waals surface area contributed by atoms with Gasteiger partial charge in [0.15, 0.2) is 5.69 Å². The molecule has 8 nitrogen and oxygen atoms in total. The van der Waals surface area contributed by atoms with E-state index in [0.29, 0.717) is 18.1 Å². The van der Waals surface area contributed by atoms with Crippen LogP contribution in [0, 0.1) is 0 Å². The predicted octanol–water partition coefficient (Wildman–Crippen LogP) is 2.40. The molecule has 1 aromatic carbocycles. The Morgan fingerprint density at radius 2 is 1.84 bits per heavy atom. The molecule has 4 rings (SSSR count). The Bertz CT molecular complexity index is 932. The molecule has 2 aromatic heterocycles. The quantitative estimate of drug-likeness (QED) is 0.570. The Morgan fingerprint density at radius 3 is 2.55 bits per heavy atom. The first-order valence-electron chi connectivity index (χ1n) is 10.9. The number of aromatic nitrogens is 3. The highest BCUT2D eigenvalue weighted by Gasteiger charge is 2.20. The molecule has 0 radical (unpaired) electrons. The lowest BCUT2D eigenvalue weighted by atomic mass is 10.2. The largest absolute Gasteiger partial charge is 0.447 e. The molecule has 3 heterocycles. The van der Waals surface area contributed by atoms with Crippen LogP contribution in [-0.2, 0) is 19.6 Å². The highest BCUT2D eigenvalue weighted by Crippen LogP contribution is 2.12. The van der Waals surface area contributed by atoms with Gasteiger partial charge in [-0.1, -0.05) is 30.3 Å². The number of hydrogen-bond acceptors (Lipinski definition) is 6. The normalized spacial score (nSPS) is 16.3. The van der Waals surface area contributed by atoms with E-state index in [4.69, 9.17) is 4.42 Å². The van der Waals surface area contributed by atoms with Crippen LogP contribution in [0.1, 0.15) is 35.3 Å². The van der Waals surface area contributed by atoms with Crippen LogP contribution in [0.3, 0.4) is 0 Å². The Balaban J connectivity index is 1.19. The summed E-state index contributed by atoms with van der Waals surface area (Å²) in [5.41, 5.74) is 1.68. The van der Waals surface area contributed by atoms with Gasteiger partial charge < -0.3 is 9.73 Å². The van der Waals surface area contributed by atoms with Gasteiger partial charge in [-0.2, -0.15) is 5.10 Å². The third-order valence-corrected chi connectivity index (χ3v) is 5.59. The van der Waals surface area contributed by atoms with Gasteiger partial charge in [-0.3, -0.25) is 19.3 Å². The second-order valence-corrected chi connectivity index (χ2v) is 8.10. The summed E-state index contributed by atoms with van der Waals surface area (Å²) in [5.74, 6) is 0.390. The number of benzene rings is 1. The van der Waals surface area contributed by atoms with Crippen LogP contribution < -0.4 is 5.32 Å². The Morgan fingerprint density at radius 1 is 1.10 bits per heavy atom. The number of amides is 1. The second kappa shape index (κ2) is 10.4. The van der Waals surface area contributed by atoms with Crippen molar-refractivity contribution in [2.45, 2.75) is 39.0 Å². The van der Waals surface area contributed by atoms with E-state index in [-0.39, 0.29) is 11.9 Å². The van der Waals surface area contributed by atoms with E-state index in [1.54, 1.807) is 6.20 Å². The molecule has 164 valence electrons. The summed E-state index contributed by atoms with van der Waals surface area (Å²) >= 11 is 0. The van der Waals surface area contributed by atoms with Crippen LogP contribution in [0.15, 0.2) is 59.5 Å². The molecule has 8 heteroatoms. The molecule has 1 saturated heterocycles. The van der Waals surface area contributed by atoms with Crippen molar-refractivity contribution >= 4 is 5.91 Å². The number of aryl methyl sites for hydroxylation is 1. The molecule has 0 aliphatic carbocycles. The van der Waals surface area contributed by atoms with E-state index >= 15 is 0 Å². The molecule has 1 aliphatic heterocycles. The third-order valence-electron chi connectivity index (χ3n) is 5.59. The summed E-state index contributed by atoms with van der Waals surface area (Å²) in [5, 5.41) is 7.16. The molecule has 1 atom stereocenters. The fourth-order valence-electron chi connectivity index (χ4n) is 3.75. The van der Waals surface area contributed by atoms with Crippen LogP contribution >= 0.6 is 0 Å². The minimum Gasteiger partial charge on any atom is -0.447 e. The highest BCUT2D eigenvalue weighted by atomic mass is 16.3. The number of nitrogens with zero attached hydrogens (tertiary/aromatic N) is 5. The van der Waals surface area contributed by atoms with Crippen molar-refractivity contribution in [2.24, 2.45) is 0 Å². The number of piperazine rings is 1. The van der Waals surface area contributed by atoms with E-state index in [9.17, 15) is 4.79 Å². The van der Waals surface area contributed by atoms with Crippen LogP contribution in [0.4, 0.5) is 0 Å². The van der Waals surface area contributed by atoms with E-state index < -0.39 is 0 Å². The van der Waals surface area contributed by atoms with Gasteiger partial charge in [-0.05, 0) is 25.0 Å². The highest BCUT2D eigenvalue weighted by molar-refractivity contribution is 5.92. The average Bonchev–Trinajstić information content (AvgIpc) is 3.47. The zero-order chi connectivity index (χ0) is 21.5. The average molecular weight is 423 g/mol. The molecular formula is C23H30N6O2. The van der Waals surface area contributed by atoms with Crippen molar-refractivity contribution in [3.05, 3.63) is 72.2 Å². The maximum absolute atomic E-state index is 12.5. The summed E-state index contributed by atoms with van der Waals surface area (Å²) in [6.45, 7) is 8.29. The molecule has 31 heavy (non-hydrogen) atoms. The molecule has 0 bridgehead atoms. The van der Waals surface area contributed by atoms with Gasteiger partial charge in [-0.15, -0.1) is 0 Å². The van der Waals surface area contributed by atoms with Crippen LogP contribution in [-0.4, -0.2) is 62.7 Å².